The van der Waals surface area contributed by atoms with E-state index in [4.69, 9.17) is 4.74 Å². The van der Waals surface area contributed by atoms with Crippen molar-refractivity contribution in [3.63, 3.8) is 0 Å². The second-order valence-corrected chi connectivity index (χ2v) is 8.47. The number of fused-ring (bicyclic) bond motifs is 2. The first-order valence-electron chi connectivity index (χ1n) is 7.55. The maximum atomic E-state index is 11.6. The van der Waals surface area contributed by atoms with Crippen molar-refractivity contribution in [3.05, 3.63) is 0 Å². The van der Waals surface area contributed by atoms with E-state index in [-0.39, 0.29) is 6.09 Å². The maximum absolute atomic E-state index is 11.6. The predicted molar refractivity (Wildman–Crippen MR) is 80.6 cm³/mol. The third-order valence-electron chi connectivity index (χ3n) is 3.85. The van der Waals surface area contributed by atoms with Crippen LogP contribution in [0.2, 0.25) is 0 Å². The smallest absolute Gasteiger partial charge is 0.407 e. The molecule has 0 spiro atoms. The molecule has 19 heavy (non-hydrogen) atoms. The van der Waals surface area contributed by atoms with Crippen LogP contribution in [0.15, 0.2) is 0 Å². The lowest BCUT2D eigenvalue weighted by Crippen LogP contribution is -2.35. The van der Waals surface area contributed by atoms with Crippen LogP contribution in [0, 0.1) is 5.92 Å². The molecule has 2 aliphatic heterocycles. The fourth-order valence-corrected chi connectivity index (χ4v) is 5.01. The Kier molecular flexibility index (Phi) is 5.04. The van der Waals surface area contributed by atoms with Crippen LogP contribution in [0.1, 0.15) is 59.3 Å². The van der Waals surface area contributed by atoms with Crippen molar-refractivity contribution in [3.8, 4) is 0 Å². The Morgan fingerprint density at radius 2 is 1.89 bits per heavy atom. The lowest BCUT2D eigenvalue weighted by Gasteiger charge is -2.38. The number of amides is 1. The van der Waals surface area contributed by atoms with Crippen molar-refractivity contribution >= 4 is 17.9 Å². The van der Waals surface area contributed by atoms with E-state index in [0.717, 1.165) is 29.4 Å². The van der Waals surface area contributed by atoms with Gasteiger partial charge < -0.3 is 10.1 Å². The van der Waals surface area contributed by atoms with E-state index in [9.17, 15) is 4.79 Å². The Morgan fingerprint density at radius 1 is 1.26 bits per heavy atom. The summed E-state index contributed by atoms with van der Waals surface area (Å²) in [4.78, 5) is 11.6. The van der Waals surface area contributed by atoms with E-state index in [1.807, 2.05) is 20.8 Å². The molecule has 1 amide bonds. The van der Waals surface area contributed by atoms with Gasteiger partial charge in [-0.1, -0.05) is 6.42 Å². The number of carbonyl (C=O) groups excluding carboxylic acids is 1. The van der Waals surface area contributed by atoms with Crippen LogP contribution >= 0.6 is 11.8 Å². The van der Waals surface area contributed by atoms with Gasteiger partial charge in [-0.05, 0) is 58.8 Å². The lowest BCUT2D eigenvalue weighted by molar-refractivity contribution is 0.0524. The van der Waals surface area contributed by atoms with Gasteiger partial charge in [0.2, 0.25) is 0 Å². The molecule has 3 nitrogen and oxygen atoms in total. The zero-order valence-corrected chi connectivity index (χ0v) is 13.2. The zero-order chi connectivity index (χ0) is 13.9. The first kappa shape index (κ1) is 15.0. The third kappa shape index (κ3) is 5.25. The molecule has 0 saturated carbocycles. The first-order chi connectivity index (χ1) is 8.92. The minimum atomic E-state index is -0.400. The summed E-state index contributed by atoms with van der Waals surface area (Å²) in [5.74, 6) is 0.798. The number of thioether (sulfide) groups is 1. The van der Waals surface area contributed by atoms with E-state index >= 15 is 0 Å². The van der Waals surface area contributed by atoms with Crippen molar-refractivity contribution in [1.29, 1.82) is 0 Å². The number of rotatable bonds is 3. The minimum absolute atomic E-state index is 0.280. The van der Waals surface area contributed by atoms with Crippen LogP contribution in [0.25, 0.3) is 0 Å². The fourth-order valence-electron chi connectivity index (χ4n) is 3.10. The quantitative estimate of drug-likeness (QED) is 0.853. The molecule has 0 aliphatic carbocycles. The molecule has 2 aliphatic rings. The average molecular weight is 285 g/mol. The summed E-state index contributed by atoms with van der Waals surface area (Å²) in [7, 11) is 0. The Hall–Kier alpha value is -0.380. The van der Waals surface area contributed by atoms with Crippen molar-refractivity contribution in [2.45, 2.75) is 75.4 Å². The van der Waals surface area contributed by atoms with Gasteiger partial charge >= 0.3 is 6.09 Å². The molecule has 0 radical (unpaired) electrons. The number of alkyl carbamates (subject to hydrolysis) is 1. The van der Waals surface area contributed by atoms with E-state index in [1.165, 1.54) is 32.1 Å². The summed E-state index contributed by atoms with van der Waals surface area (Å²) in [5, 5.41) is 4.66. The van der Waals surface area contributed by atoms with Gasteiger partial charge in [0.15, 0.2) is 0 Å². The number of hydrogen-bond donors (Lipinski definition) is 1. The summed E-state index contributed by atoms with van der Waals surface area (Å²) < 4.78 is 5.25. The van der Waals surface area contributed by atoms with Gasteiger partial charge in [0.25, 0.3) is 0 Å². The molecule has 2 heterocycles. The Balaban J connectivity index is 1.64. The molecular formula is C15H27NO2S. The zero-order valence-electron chi connectivity index (χ0n) is 12.4. The summed E-state index contributed by atoms with van der Waals surface area (Å²) in [6.45, 7) is 6.44. The second kappa shape index (κ2) is 6.38. The van der Waals surface area contributed by atoms with Crippen LogP contribution in [0.5, 0.6) is 0 Å². The highest BCUT2D eigenvalue weighted by molar-refractivity contribution is 8.00. The molecule has 2 fully saturated rings. The predicted octanol–water partition coefficient (Wildman–Crippen LogP) is 3.97. The van der Waals surface area contributed by atoms with E-state index in [2.05, 4.69) is 17.1 Å². The minimum Gasteiger partial charge on any atom is -0.444 e. The molecule has 0 aromatic rings. The molecule has 0 aromatic heterocycles. The summed E-state index contributed by atoms with van der Waals surface area (Å²) in [6, 6.07) is 0. The molecular weight excluding hydrogens is 258 g/mol. The van der Waals surface area contributed by atoms with E-state index in [1.54, 1.807) is 0 Å². The van der Waals surface area contributed by atoms with Crippen LogP contribution in [-0.4, -0.2) is 28.7 Å². The van der Waals surface area contributed by atoms with E-state index < -0.39 is 5.60 Å². The first-order valence-corrected chi connectivity index (χ1v) is 8.49. The van der Waals surface area contributed by atoms with Crippen molar-refractivity contribution < 1.29 is 9.53 Å². The van der Waals surface area contributed by atoms with Gasteiger partial charge in [0.05, 0.1) is 0 Å². The van der Waals surface area contributed by atoms with Crippen molar-refractivity contribution in [1.82, 2.24) is 5.32 Å². The number of carbonyl (C=O) groups is 1. The van der Waals surface area contributed by atoms with Gasteiger partial charge in [-0.25, -0.2) is 4.79 Å². The van der Waals surface area contributed by atoms with Crippen LogP contribution in [-0.2, 0) is 4.74 Å². The Labute approximate surface area is 121 Å². The normalized spacial score (nSPS) is 30.8. The number of nitrogens with one attached hydrogen (secondary N) is 1. The molecule has 0 aromatic carbocycles. The molecule has 4 heteroatoms. The molecule has 2 rings (SSSR count). The lowest BCUT2D eigenvalue weighted by atomic mass is 9.87. The summed E-state index contributed by atoms with van der Waals surface area (Å²) in [5.41, 5.74) is -0.400. The SMILES string of the molecule is CC(C)(C)OC(=O)NCCC1CC2CCCC(C1)S2. The number of ether oxygens (including phenoxy) is 1. The average Bonchev–Trinajstić information content (AvgIpc) is 2.26. The van der Waals surface area contributed by atoms with Gasteiger partial charge in [-0.2, -0.15) is 11.8 Å². The molecule has 2 saturated heterocycles. The Bertz CT molecular complexity index is 302. The van der Waals surface area contributed by atoms with Crippen molar-refractivity contribution in [2.75, 3.05) is 6.54 Å². The van der Waals surface area contributed by atoms with Gasteiger partial charge in [-0.3, -0.25) is 0 Å². The largest absolute Gasteiger partial charge is 0.444 e. The van der Waals surface area contributed by atoms with Gasteiger partial charge in [0, 0.05) is 17.0 Å². The van der Waals surface area contributed by atoms with Gasteiger partial charge in [0.1, 0.15) is 5.60 Å². The molecule has 2 atom stereocenters. The standard InChI is InChI=1S/C15H27NO2S/c1-15(2,3)18-14(17)16-8-7-11-9-12-5-4-6-13(10-11)19-12/h11-13H,4-10H2,1-3H3,(H,16,17). The highest BCUT2D eigenvalue weighted by atomic mass is 32.2. The van der Waals surface area contributed by atoms with Gasteiger partial charge in [-0.15, -0.1) is 0 Å². The molecule has 2 unspecified atom stereocenters. The molecule has 110 valence electrons. The van der Waals surface area contributed by atoms with E-state index in [0.29, 0.717) is 0 Å². The van der Waals surface area contributed by atoms with Crippen LogP contribution in [0.3, 0.4) is 0 Å². The highest BCUT2D eigenvalue weighted by Gasteiger charge is 2.32. The fraction of sp³-hybridized carbons (Fsp3) is 0.933. The summed E-state index contributed by atoms with van der Waals surface area (Å²) >= 11 is 2.21. The molecule has 2 bridgehead atoms. The monoisotopic (exact) mass is 285 g/mol. The number of hydrogen-bond acceptors (Lipinski definition) is 3. The van der Waals surface area contributed by atoms with Crippen molar-refractivity contribution in [2.24, 2.45) is 5.92 Å². The second-order valence-electron chi connectivity index (χ2n) is 6.87. The Morgan fingerprint density at radius 3 is 2.47 bits per heavy atom. The highest BCUT2D eigenvalue weighted by Crippen LogP contribution is 2.44. The maximum Gasteiger partial charge on any atom is 0.407 e. The summed E-state index contributed by atoms with van der Waals surface area (Å²) in [6.07, 6.45) is 7.73. The molecule has 1 N–H and O–H groups in total. The third-order valence-corrected chi connectivity index (χ3v) is 5.48. The van der Waals surface area contributed by atoms with Crippen LogP contribution in [0.4, 0.5) is 4.79 Å². The topological polar surface area (TPSA) is 38.3 Å². The van der Waals surface area contributed by atoms with Crippen LogP contribution < -0.4 is 5.32 Å².